The van der Waals surface area contributed by atoms with Crippen molar-refractivity contribution in [1.29, 1.82) is 0 Å². The van der Waals surface area contributed by atoms with Gasteiger partial charge in [-0.1, -0.05) is 0 Å². The van der Waals surface area contributed by atoms with Crippen molar-refractivity contribution >= 4 is 55.0 Å². The fraction of sp³-hybridized carbons (Fsp3) is 0.200. The first-order chi connectivity index (χ1) is 4.25. The van der Waals surface area contributed by atoms with Crippen LogP contribution in [0.15, 0.2) is 18.5 Å². The van der Waals surface area contributed by atoms with Crippen LogP contribution in [0.5, 0.6) is 0 Å². The van der Waals surface area contributed by atoms with Crippen LogP contribution in [0.3, 0.4) is 0 Å². The molecule has 0 atom stereocenters. The molecule has 0 spiro atoms. The Morgan fingerprint density at radius 2 is 2.22 bits per heavy atom. The molecule has 0 fully saturated rings. The Morgan fingerprint density at radius 1 is 1.56 bits per heavy atom. The monoisotopic (exact) mass is 286 g/mol. The van der Waals surface area contributed by atoms with Crippen LogP contribution in [-0.4, -0.2) is 6.26 Å². The molecule has 1 rings (SSSR count). The molecule has 0 saturated heterocycles. The van der Waals surface area contributed by atoms with Gasteiger partial charge in [0.15, 0.2) is 0 Å². The van der Waals surface area contributed by atoms with Crippen molar-refractivity contribution in [2.45, 2.75) is 4.21 Å². The van der Waals surface area contributed by atoms with Gasteiger partial charge in [0.25, 0.3) is 0 Å². The second kappa shape index (κ2) is 3.42. The van der Waals surface area contributed by atoms with Crippen LogP contribution in [0, 0.1) is 0 Å². The molecule has 0 bridgehead atoms. The zero-order valence-corrected chi connectivity index (χ0v) is 9.45. The standard InChI is InChI=1S/C5H4Br2S2/c1-8-5-4(7)3(6)2-9-5/h2H,1H3. The van der Waals surface area contributed by atoms with Crippen LogP contribution in [0.4, 0.5) is 0 Å². The topological polar surface area (TPSA) is 0 Å². The highest BCUT2D eigenvalue weighted by Gasteiger charge is 2.03. The molecule has 1 aromatic heterocycles. The summed E-state index contributed by atoms with van der Waals surface area (Å²) < 4.78 is 3.65. The van der Waals surface area contributed by atoms with E-state index in [2.05, 4.69) is 43.5 Å². The third kappa shape index (κ3) is 1.73. The summed E-state index contributed by atoms with van der Waals surface area (Å²) in [5.74, 6) is 0. The van der Waals surface area contributed by atoms with E-state index in [1.54, 1.807) is 23.1 Å². The first-order valence-corrected chi connectivity index (χ1v) is 5.91. The summed E-state index contributed by atoms with van der Waals surface area (Å²) in [6, 6.07) is 0. The molecule has 0 aliphatic carbocycles. The smallest absolute Gasteiger partial charge is 0.0750 e. The second-order valence-corrected chi connectivity index (χ2v) is 4.99. The number of thioether (sulfide) groups is 1. The Bertz CT molecular complexity index is 207. The maximum atomic E-state index is 3.45. The minimum absolute atomic E-state index is 1.15. The van der Waals surface area contributed by atoms with Crippen LogP contribution in [0.25, 0.3) is 0 Å². The number of hydrogen-bond donors (Lipinski definition) is 0. The van der Waals surface area contributed by atoms with Crippen molar-refractivity contribution in [2.75, 3.05) is 6.26 Å². The molecule has 0 amide bonds. The predicted molar refractivity (Wildman–Crippen MR) is 51.5 cm³/mol. The second-order valence-electron chi connectivity index (χ2n) is 1.39. The van der Waals surface area contributed by atoms with Crippen LogP contribution < -0.4 is 0 Å². The number of hydrogen-bond acceptors (Lipinski definition) is 2. The molecule has 0 unspecified atom stereocenters. The third-order valence-electron chi connectivity index (χ3n) is 0.844. The highest BCUT2D eigenvalue weighted by atomic mass is 79.9. The molecule has 0 nitrogen and oxygen atoms in total. The molecule has 1 heterocycles. The van der Waals surface area contributed by atoms with E-state index in [1.165, 1.54) is 8.68 Å². The fourth-order valence-electron chi connectivity index (χ4n) is 0.444. The van der Waals surface area contributed by atoms with Crippen molar-refractivity contribution < 1.29 is 0 Å². The summed E-state index contributed by atoms with van der Waals surface area (Å²) in [5.41, 5.74) is 0. The van der Waals surface area contributed by atoms with Gasteiger partial charge in [0, 0.05) is 9.85 Å². The predicted octanol–water partition coefficient (Wildman–Crippen LogP) is 4.00. The SMILES string of the molecule is CSc1scc(Br)c1Br. The lowest BCUT2D eigenvalue weighted by Gasteiger charge is -1.87. The van der Waals surface area contributed by atoms with Crippen molar-refractivity contribution in [3.05, 3.63) is 14.3 Å². The molecule has 4 heteroatoms. The summed E-state index contributed by atoms with van der Waals surface area (Å²) >= 11 is 10.4. The molecule has 0 aliphatic rings. The molecule has 0 aromatic carbocycles. The van der Waals surface area contributed by atoms with Crippen molar-refractivity contribution in [3.8, 4) is 0 Å². The lowest BCUT2D eigenvalue weighted by Crippen LogP contribution is -1.58. The fourth-order valence-corrected chi connectivity index (χ4v) is 3.58. The zero-order chi connectivity index (χ0) is 6.85. The minimum atomic E-state index is 1.15. The van der Waals surface area contributed by atoms with E-state index in [0.717, 1.165) is 4.47 Å². The van der Waals surface area contributed by atoms with E-state index in [9.17, 15) is 0 Å². The average molecular weight is 288 g/mol. The molecular formula is C5H4Br2S2. The van der Waals surface area contributed by atoms with Gasteiger partial charge in [-0.3, -0.25) is 0 Å². The maximum absolute atomic E-state index is 3.45. The van der Waals surface area contributed by atoms with E-state index in [4.69, 9.17) is 0 Å². The molecule has 0 aliphatic heterocycles. The Balaban J connectivity index is 3.04. The molecule has 50 valence electrons. The van der Waals surface area contributed by atoms with Gasteiger partial charge in [-0.15, -0.1) is 23.1 Å². The Labute approximate surface area is 79.3 Å². The third-order valence-corrected chi connectivity index (χ3v) is 5.79. The van der Waals surface area contributed by atoms with Crippen LogP contribution in [0.2, 0.25) is 0 Å². The van der Waals surface area contributed by atoms with E-state index in [0.29, 0.717) is 0 Å². The largest absolute Gasteiger partial charge is 0.135 e. The van der Waals surface area contributed by atoms with Crippen LogP contribution in [0.1, 0.15) is 0 Å². The minimum Gasteiger partial charge on any atom is -0.135 e. The molecule has 0 radical (unpaired) electrons. The molecular weight excluding hydrogens is 284 g/mol. The maximum Gasteiger partial charge on any atom is 0.0750 e. The first kappa shape index (κ1) is 8.11. The molecule has 9 heavy (non-hydrogen) atoms. The van der Waals surface area contributed by atoms with Crippen molar-refractivity contribution in [1.82, 2.24) is 0 Å². The Kier molecular flexibility index (Phi) is 3.08. The lowest BCUT2D eigenvalue weighted by atomic mass is 10.7. The number of halogens is 2. The summed E-state index contributed by atoms with van der Waals surface area (Å²) in [6.45, 7) is 0. The highest BCUT2D eigenvalue weighted by Crippen LogP contribution is 2.37. The summed E-state index contributed by atoms with van der Waals surface area (Å²) in [5, 5.41) is 2.08. The van der Waals surface area contributed by atoms with Crippen molar-refractivity contribution in [2.24, 2.45) is 0 Å². The van der Waals surface area contributed by atoms with E-state index in [-0.39, 0.29) is 0 Å². The highest BCUT2D eigenvalue weighted by molar-refractivity contribution is 9.13. The van der Waals surface area contributed by atoms with Gasteiger partial charge in [-0.2, -0.15) is 0 Å². The van der Waals surface area contributed by atoms with Gasteiger partial charge in [0.1, 0.15) is 0 Å². The van der Waals surface area contributed by atoms with Gasteiger partial charge >= 0.3 is 0 Å². The van der Waals surface area contributed by atoms with Crippen molar-refractivity contribution in [3.63, 3.8) is 0 Å². The lowest BCUT2D eigenvalue weighted by molar-refractivity contribution is 1.60. The molecule has 1 aromatic rings. The average Bonchev–Trinajstić information content (AvgIpc) is 2.15. The number of rotatable bonds is 1. The summed E-state index contributed by atoms with van der Waals surface area (Å²) in [4.78, 5) is 0. The first-order valence-electron chi connectivity index (χ1n) is 2.22. The quantitative estimate of drug-likeness (QED) is 0.704. The van der Waals surface area contributed by atoms with E-state index >= 15 is 0 Å². The van der Waals surface area contributed by atoms with Crippen LogP contribution >= 0.6 is 55.0 Å². The number of thiophene rings is 1. The Morgan fingerprint density at radius 3 is 2.44 bits per heavy atom. The van der Waals surface area contributed by atoms with Gasteiger partial charge in [0.05, 0.1) is 8.68 Å². The van der Waals surface area contributed by atoms with Gasteiger partial charge < -0.3 is 0 Å². The van der Waals surface area contributed by atoms with Gasteiger partial charge in [0.2, 0.25) is 0 Å². The summed E-state index contributed by atoms with van der Waals surface area (Å²) in [7, 11) is 0. The van der Waals surface area contributed by atoms with Crippen LogP contribution in [-0.2, 0) is 0 Å². The molecule has 0 saturated carbocycles. The van der Waals surface area contributed by atoms with E-state index < -0.39 is 0 Å². The normalized spacial score (nSPS) is 10.1. The van der Waals surface area contributed by atoms with Gasteiger partial charge in [-0.25, -0.2) is 0 Å². The Hall–Kier alpha value is 1.01. The van der Waals surface area contributed by atoms with E-state index in [1.807, 2.05) is 0 Å². The molecule has 0 N–H and O–H groups in total. The zero-order valence-electron chi connectivity index (χ0n) is 4.65. The summed E-state index contributed by atoms with van der Waals surface area (Å²) in [6.07, 6.45) is 2.07. The van der Waals surface area contributed by atoms with Gasteiger partial charge in [-0.05, 0) is 38.1 Å².